The molecule has 0 bridgehead atoms. The highest BCUT2D eigenvalue weighted by Crippen LogP contribution is 2.27. The van der Waals surface area contributed by atoms with Gasteiger partial charge in [0, 0.05) is 29.7 Å². The van der Waals surface area contributed by atoms with Crippen molar-refractivity contribution < 1.29 is 9.50 Å². The molecule has 102 valence electrons. The maximum Gasteiger partial charge on any atom is 0.123 e. The average Bonchev–Trinajstić information content (AvgIpc) is 2.58. The summed E-state index contributed by atoms with van der Waals surface area (Å²) in [7, 11) is 1.83. The normalized spacial score (nSPS) is 12.7. The highest BCUT2D eigenvalue weighted by Gasteiger charge is 2.19. The second-order valence-corrected chi connectivity index (χ2v) is 5.07. The van der Waals surface area contributed by atoms with Gasteiger partial charge in [-0.3, -0.25) is 4.68 Å². The van der Waals surface area contributed by atoms with Gasteiger partial charge < -0.3 is 5.11 Å². The van der Waals surface area contributed by atoms with Crippen LogP contribution in [0.25, 0.3) is 0 Å². The molecular weight excluding hydrogens is 267 g/mol. The minimum atomic E-state index is -0.743. The molecule has 0 saturated carbocycles. The second-order valence-electron chi connectivity index (χ2n) is 4.66. The standard InChI is InChI=1S/C14H16ClFN2O/c1-8-14(9(2)18(3)17-8)13(19)7-10-6-11(16)4-5-12(10)15/h4-6,13,19H,7H2,1-3H3. The molecule has 3 nitrogen and oxygen atoms in total. The minimum absolute atomic E-state index is 0.268. The third-order valence-electron chi connectivity index (χ3n) is 3.32. The molecule has 1 atom stereocenters. The molecule has 0 amide bonds. The topological polar surface area (TPSA) is 38.0 Å². The number of hydrogen-bond acceptors (Lipinski definition) is 2. The zero-order valence-electron chi connectivity index (χ0n) is 11.1. The first kappa shape index (κ1) is 14.0. The van der Waals surface area contributed by atoms with Crippen LogP contribution in [0.15, 0.2) is 18.2 Å². The lowest BCUT2D eigenvalue weighted by atomic mass is 10.00. The van der Waals surface area contributed by atoms with Gasteiger partial charge in [0.1, 0.15) is 5.82 Å². The highest BCUT2D eigenvalue weighted by molar-refractivity contribution is 6.31. The van der Waals surface area contributed by atoms with E-state index in [2.05, 4.69) is 5.10 Å². The number of aliphatic hydroxyl groups excluding tert-OH is 1. The van der Waals surface area contributed by atoms with E-state index in [4.69, 9.17) is 11.6 Å². The van der Waals surface area contributed by atoms with Crippen LogP contribution in [0.5, 0.6) is 0 Å². The number of halogens is 2. The molecule has 0 spiro atoms. The molecular formula is C14H16ClFN2O. The summed E-state index contributed by atoms with van der Waals surface area (Å²) in [6.07, 6.45) is -0.475. The van der Waals surface area contributed by atoms with Gasteiger partial charge >= 0.3 is 0 Å². The molecule has 5 heteroatoms. The van der Waals surface area contributed by atoms with E-state index >= 15 is 0 Å². The third kappa shape index (κ3) is 2.80. The van der Waals surface area contributed by atoms with Gasteiger partial charge in [-0.2, -0.15) is 5.10 Å². The summed E-state index contributed by atoms with van der Waals surface area (Å²) in [5, 5.41) is 15.1. The van der Waals surface area contributed by atoms with Gasteiger partial charge in [0.25, 0.3) is 0 Å². The third-order valence-corrected chi connectivity index (χ3v) is 3.69. The Balaban J connectivity index is 2.30. The lowest BCUT2D eigenvalue weighted by Crippen LogP contribution is -2.05. The molecule has 1 heterocycles. The SMILES string of the molecule is Cc1nn(C)c(C)c1C(O)Cc1cc(F)ccc1Cl. The Morgan fingerprint density at radius 3 is 2.68 bits per heavy atom. The number of aryl methyl sites for hydroxylation is 2. The quantitative estimate of drug-likeness (QED) is 0.939. The molecule has 0 radical (unpaired) electrons. The fourth-order valence-electron chi connectivity index (χ4n) is 2.28. The van der Waals surface area contributed by atoms with Crippen LogP contribution >= 0.6 is 11.6 Å². The van der Waals surface area contributed by atoms with Crippen LogP contribution in [0.3, 0.4) is 0 Å². The van der Waals surface area contributed by atoms with E-state index in [0.717, 1.165) is 17.0 Å². The first-order valence-electron chi connectivity index (χ1n) is 6.02. The summed E-state index contributed by atoms with van der Waals surface area (Å²) in [5.41, 5.74) is 3.05. The second kappa shape index (κ2) is 5.31. The van der Waals surface area contributed by atoms with Gasteiger partial charge in [-0.15, -0.1) is 0 Å². The number of aromatic nitrogens is 2. The van der Waals surface area contributed by atoms with Crippen molar-refractivity contribution in [1.82, 2.24) is 9.78 Å². The van der Waals surface area contributed by atoms with Gasteiger partial charge in [0.2, 0.25) is 0 Å². The molecule has 1 aromatic heterocycles. The van der Waals surface area contributed by atoms with Gasteiger partial charge in [-0.05, 0) is 37.6 Å². The van der Waals surface area contributed by atoms with Crippen molar-refractivity contribution in [2.45, 2.75) is 26.4 Å². The largest absolute Gasteiger partial charge is 0.388 e. The fourth-order valence-corrected chi connectivity index (χ4v) is 2.48. The Bertz CT molecular complexity index is 610. The maximum atomic E-state index is 13.2. The molecule has 1 aromatic carbocycles. The van der Waals surface area contributed by atoms with Crippen molar-refractivity contribution in [2.75, 3.05) is 0 Å². The highest BCUT2D eigenvalue weighted by atomic mass is 35.5. The number of aliphatic hydroxyl groups is 1. The monoisotopic (exact) mass is 282 g/mol. The summed E-state index contributed by atoms with van der Waals surface area (Å²) in [5.74, 6) is -0.355. The molecule has 19 heavy (non-hydrogen) atoms. The molecule has 0 fully saturated rings. The van der Waals surface area contributed by atoms with Crippen LogP contribution in [0.2, 0.25) is 5.02 Å². The van der Waals surface area contributed by atoms with Gasteiger partial charge in [0.15, 0.2) is 0 Å². The summed E-state index contributed by atoms with van der Waals surface area (Å²) >= 11 is 6.01. The van der Waals surface area contributed by atoms with E-state index < -0.39 is 6.10 Å². The van der Waals surface area contributed by atoms with E-state index in [1.165, 1.54) is 18.2 Å². The first-order valence-corrected chi connectivity index (χ1v) is 6.40. The van der Waals surface area contributed by atoms with E-state index in [-0.39, 0.29) is 12.2 Å². The molecule has 0 aliphatic rings. The number of benzene rings is 1. The summed E-state index contributed by atoms with van der Waals surface area (Å²) < 4.78 is 14.9. The Morgan fingerprint density at radius 1 is 1.42 bits per heavy atom. The number of rotatable bonds is 3. The maximum absolute atomic E-state index is 13.2. The van der Waals surface area contributed by atoms with Crippen LogP contribution in [-0.4, -0.2) is 14.9 Å². The van der Waals surface area contributed by atoms with Crippen molar-refractivity contribution in [1.29, 1.82) is 0 Å². The molecule has 1 unspecified atom stereocenters. The molecule has 1 N–H and O–H groups in total. The Kier molecular flexibility index (Phi) is 3.92. The summed E-state index contributed by atoms with van der Waals surface area (Å²) in [6.45, 7) is 3.74. The van der Waals surface area contributed by atoms with Crippen LogP contribution in [0.1, 0.15) is 28.6 Å². The first-order chi connectivity index (χ1) is 8.90. The average molecular weight is 283 g/mol. The van der Waals surface area contributed by atoms with Crippen molar-refractivity contribution in [2.24, 2.45) is 7.05 Å². The molecule has 0 aliphatic heterocycles. The van der Waals surface area contributed by atoms with Crippen LogP contribution in [-0.2, 0) is 13.5 Å². The summed E-state index contributed by atoms with van der Waals surface area (Å²) in [4.78, 5) is 0. The predicted octanol–water partition coefficient (Wildman–Crippen LogP) is 3.11. The van der Waals surface area contributed by atoms with Gasteiger partial charge in [0.05, 0.1) is 11.8 Å². The zero-order chi connectivity index (χ0) is 14.2. The Labute approximate surface area is 116 Å². The van der Waals surface area contributed by atoms with Gasteiger partial charge in [-0.1, -0.05) is 11.6 Å². The van der Waals surface area contributed by atoms with Crippen molar-refractivity contribution in [3.05, 3.63) is 51.6 Å². The molecule has 2 rings (SSSR count). The lowest BCUT2D eigenvalue weighted by molar-refractivity contribution is 0.177. The zero-order valence-corrected chi connectivity index (χ0v) is 11.9. The van der Waals surface area contributed by atoms with E-state index in [1.54, 1.807) is 4.68 Å². The van der Waals surface area contributed by atoms with Crippen LogP contribution in [0.4, 0.5) is 4.39 Å². The Hall–Kier alpha value is -1.39. The van der Waals surface area contributed by atoms with E-state index in [1.807, 2.05) is 20.9 Å². The van der Waals surface area contributed by atoms with E-state index in [0.29, 0.717) is 10.6 Å². The van der Waals surface area contributed by atoms with Crippen molar-refractivity contribution in [3.63, 3.8) is 0 Å². The predicted molar refractivity (Wildman–Crippen MR) is 72.8 cm³/mol. The van der Waals surface area contributed by atoms with Crippen molar-refractivity contribution in [3.8, 4) is 0 Å². The number of nitrogens with zero attached hydrogens (tertiary/aromatic N) is 2. The summed E-state index contributed by atoms with van der Waals surface area (Å²) in [6, 6.07) is 4.16. The fraction of sp³-hybridized carbons (Fsp3) is 0.357. The van der Waals surface area contributed by atoms with Crippen LogP contribution < -0.4 is 0 Å². The lowest BCUT2D eigenvalue weighted by Gasteiger charge is -2.13. The minimum Gasteiger partial charge on any atom is -0.388 e. The van der Waals surface area contributed by atoms with E-state index in [9.17, 15) is 9.50 Å². The number of hydrogen-bond donors (Lipinski definition) is 1. The van der Waals surface area contributed by atoms with Crippen LogP contribution in [0, 0.1) is 19.7 Å². The smallest absolute Gasteiger partial charge is 0.123 e. The molecule has 0 aliphatic carbocycles. The molecule has 2 aromatic rings. The Morgan fingerprint density at radius 2 is 2.11 bits per heavy atom. The van der Waals surface area contributed by atoms with Crippen molar-refractivity contribution >= 4 is 11.6 Å². The molecule has 0 saturated heterocycles. The van der Waals surface area contributed by atoms with Gasteiger partial charge in [-0.25, -0.2) is 4.39 Å².